The first-order chi connectivity index (χ1) is 15.6. The molecule has 2 fully saturated rings. The summed E-state index contributed by atoms with van der Waals surface area (Å²) in [5.74, 6) is -0.976. The highest BCUT2D eigenvalue weighted by atomic mass is 35.5. The fraction of sp³-hybridized carbons (Fsp3) is 0.381. The van der Waals surface area contributed by atoms with Gasteiger partial charge in [0.1, 0.15) is 35.0 Å². The second-order valence-corrected chi connectivity index (χ2v) is 8.65. The zero-order chi connectivity index (χ0) is 23.5. The van der Waals surface area contributed by atoms with E-state index in [0.717, 1.165) is 43.0 Å². The smallest absolute Gasteiger partial charge is 0.358 e. The van der Waals surface area contributed by atoms with Crippen molar-refractivity contribution in [2.45, 2.75) is 19.1 Å². The van der Waals surface area contributed by atoms with Crippen LogP contribution in [0.15, 0.2) is 24.5 Å². The minimum Gasteiger partial charge on any atom is -0.358 e. The maximum absolute atomic E-state index is 15.2. The number of nitrogens with zero attached hydrogens (tertiary/aromatic N) is 4. The van der Waals surface area contributed by atoms with Crippen LogP contribution < -0.4 is 10.6 Å². The van der Waals surface area contributed by atoms with Gasteiger partial charge in [-0.3, -0.25) is 0 Å². The SMILES string of the molecule is C[C@H](Nc1c(-c2c(F)cc(/C=C/C3[C@H]4CNC[C@@H]34)cc2F)c(Cl)nc2ncnn12)C(F)(F)F.Cl. The van der Waals surface area contributed by atoms with Crippen LogP contribution in [0.25, 0.3) is 23.0 Å². The van der Waals surface area contributed by atoms with Crippen LogP contribution in [-0.4, -0.2) is 44.9 Å². The standard InChI is InChI=1S/C21H18ClF5N6.ClH/c1-9(21(25,26)27)31-19-17(18(22)32-20-29-8-30-33(19)20)16-14(23)4-10(5-15(16)24)2-3-11-12-6-28-7-13(11)12;/h2-5,8-9,11-13,28,31H,6-7H2,1H3;1H/b3-2+;/t9-,11?,12-,13+;/m0./s1. The summed E-state index contributed by atoms with van der Waals surface area (Å²) < 4.78 is 70.9. The van der Waals surface area contributed by atoms with Crippen LogP contribution in [0.2, 0.25) is 5.15 Å². The van der Waals surface area contributed by atoms with Gasteiger partial charge in [0, 0.05) is 0 Å². The van der Waals surface area contributed by atoms with Crippen LogP contribution in [0.1, 0.15) is 12.5 Å². The number of fused-ring (bicyclic) bond motifs is 2. The molecule has 1 aliphatic heterocycles. The number of benzene rings is 1. The Morgan fingerprint density at radius 2 is 1.82 bits per heavy atom. The number of alkyl halides is 3. The lowest BCUT2D eigenvalue weighted by Crippen LogP contribution is -2.34. The van der Waals surface area contributed by atoms with E-state index in [-0.39, 0.29) is 29.6 Å². The fourth-order valence-corrected chi connectivity index (χ4v) is 4.62. The van der Waals surface area contributed by atoms with Crippen molar-refractivity contribution in [1.29, 1.82) is 0 Å². The summed E-state index contributed by atoms with van der Waals surface area (Å²) in [5, 5.41) is 8.92. The highest BCUT2D eigenvalue weighted by Crippen LogP contribution is 2.49. The lowest BCUT2D eigenvalue weighted by molar-refractivity contribution is -0.138. The number of hydrogen-bond acceptors (Lipinski definition) is 5. The molecule has 1 aliphatic carbocycles. The molecule has 0 radical (unpaired) electrons. The van der Waals surface area contributed by atoms with Crippen molar-refractivity contribution in [2.75, 3.05) is 18.4 Å². The topological polar surface area (TPSA) is 67.1 Å². The zero-order valence-corrected chi connectivity index (χ0v) is 19.1. The van der Waals surface area contributed by atoms with Crippen LogP contribution in [0.5, 0.6) is 0 Å². The summed E-state index contributed by atoms with van der Waals surface area (Å²) in [5.41, 5.74) is -0.679. The molecule has 34 heavy (non-hydrogen) atoms. The van der Waals surface area contributed by atoms with Crippen molar-refractivity contribution in [3.05, 3.63) is 46.9 Å². The van der Waals surface area contributed by atoms with E-state index >= 15 is 8.78 Å². The van der Waals surface area contributed by atoms with Gasteiger partial charge in [0.25, 0.3) is 5.78 Å². The quantitative estimate of drug-likeness (QED) is 0.366. The Labute approximate surface area is 202 Å². The van der Waals surface area contributed by atoms with E-state index in [2.05, 4.69) is 25.7 Å². The Bertz CT molecular complexity index is 1230. The number of allylic oxidation sites excluding steroid dienone is 1. The molecule has 1 saturated heterocycles. The molecular formula is C21H19Cl2F5N6. The largest absolute Gasteiger partial charge is 0.408 e. The summed E-state index contributed by atoms with van der Waals surface area (Å²) in [6.45, 7) is 2.73. The highest BCUT2D eigenvalue weighted by molar-refractivity contribution is 6.33. The summed E-state index contributed by atoms with van der Waals surface area (Å²) in [4.78, 5) is 7.74. The van der Waals surface area contributed by atoms with E-state index in [1.807, 2.05) is 6.08 Å². The molecule has 6 nitrogen and oxygen atoms in total. The van der Waals surface area contributed by atoms with E-state index in [4.69, 9.17) is 11.6 Å². The van der Waals surface area contributed by atoms with Gasteiger partial charge in [-0.2, -0.15) is 32.8 Å². The second-order valence-electron chi connectivity index (χ2n) is 8.29. The molecule has 1 saturated carbocycles. The maximum atomic E-state index is 15.2. The van der Waals surface area contributed by atoms with Crippen LogP contribution in [-0.2, 0) is 0 Å². The van der Waals surface area contributed by atoms with E-state index in [1.54, 1.807) is 6.08 Å². The van der Waals surface area contributed by atoms with E-state index in [0.29, 0.717) is 23.3 Å². The van der Waals surface area contributed by atoms with Gasteiger partial charge in [0.2, 0.25) is 0 Å². The summed E-state index contributed by atoms with van der Waals surface area (Å²) in [6, 6.07) is 0.164. The summed E-state index contributed by atoms with van der Waals surface area (Å²) in [6.07, 6.45) is 0.0138. The minimum absolute atomic E-state index is 0. The number of hydrogen-bond donors (Lipinski definition) is 2. The summed E-state index contributed by atoms with van der Waals surface area (Å²) in [7, 11) is 0. The van der Waals surface area contributed by atoms with E-state index in [9.17, 15) is 13.2 Å². The van der Waals surface area contributed by atoms with Gasteiger partial charge >= 0.3 is 6.18 Å². The molecule has 1 unspecified atom stereocenters. The molecule has 5 rings (SSSR count). The second kappa shape index (κ2) is 8.94. The number of rotatable bonds is 5. The van der Waals surface area contributed by atoms with Gasteiger partial charge in [-0.25, -0.2) is 8.78 Å². The first-order valence-electron chi connectivity index (χ1n) is 10.3. The van der Waals surface area contributed by atoms with Crippen LogP contribution in [0.3, 0.4) is 0 Å². The Kier molecular flexibility index (Phi) is 6.47. The molecule has 2 aliphatic rings. The van der Waals surface area contributed by atoms with Crippen LogP contribution in [0, 0.1) is 29.4 Å². The fourth-order valence-electron chi connectivity index (χ4n) is 4.36. The molecule has 3 heterocycles. The Hall–Kier alpha value is -2.50. The third kappa shape index (κ3) is 4.32. The molecular weight excluding hydrogens is 502 g/mol. The third-order valence-electron chi connectivity index (χ3n) is 6.21. The zero-order valence-electron chi connectivity index (χ0n) is 17.6. The predicted octanol–water partition coefficient (Wildman–Crippen LogP) is 4.99. The Morgan fingerprint density at radius 1 is 1.18 bits per heavy atom. The number of piperidine rings is 1. The number of aromatic nitrogens is 4. The van der Waals surface area contributed by atoms with Gasteiger partial charge < -0.3 is 10.6 Å². The third-order valence-corrected chi connectivity index (χ3v) is 6.48. The molecule has 2 aromatic heterocycles. The number of halogens is 7. The van der Waals surface area contributed by atoms with Crippen molar-refractivity contribution in [3.63, 3.8) is 0 Å². The Balaban J connectivity index is 0.00000274. The van der Waals surface area contributed by atoms with Gasteiger partial charge in [-0.15, -0.1) is 12.4 Å². The van der Waals surface area contributed by atoms with Gasteiger partial charge in [-0.05, 0) is 55.5 Å². The lowest BCUT2D eigenvalue weighted by Gasteiger charge is -2.21. The van der Waals surface area contributed by atoms with Gasteiger partial charge in [-0.1, -0.05) is 23.8 Å². The van der Waals surface area contributed by atoms with Gasteiger partial charge in [0.15, 0.2) is 0 Å². The first kappa shape index (κ1) is 24.6. The minimum atomic E-state index is -4.64. The predicted molar refractivity (Wildman–Crippen MR) is 120 cm³/mol. The highest BCUT2D eigenvalue weighted by Gasteiger charge is 2.50. The molecule has 182 valence electrons. The maximum Gasteiger partial charge on any atom is 0.408 e. The van der Waals surface area contributed by atoms with Crippen molar-refractivity contribution >= 4 is 41.7 Å². The number of nitrogens with one attached hydrogen (secondary N) is 2. The van der Waals surface area contributed by atoms with E-state index in [1.165, 1.54) is 0 Å². The van der Waals surface area contributed by atoms with Crippen molar-refractivity contribution < 1.29 is 22.0 Å². The molecule has 1 aromatic carbocycles. The van der Waals surface area contributed by atoms with Crippen LogP contribution >= 0.6 is 24.0 Å². The molecule has 2 N–H and O–H groups in total. The average molecular weight is 521 g/mol. The Morgan fingerprint density at radius 3 is 2.44 bits per heavy atom. The molecule has 0 bridgehead atoms. The van der Waals surface area contributed by atoms with Crippen molar-refractivity contribution in [3.8, 4) is 11.1 Å². The van der Waals surface area contributed by atoms with Crippen LogP contribution in [0.4, 0.5) is 27.8 Å². The molecule has 4 atom stereocenters. The monoisotopic (exact) mass is 520 g/mol. The number of anilines is 1. The molecule has 0 spiro atoms. The summed E-state index contributed by atoms with van der Waals surface area (Å²) >= 11 is 6.18. The molecule has 3 aromatic rings. The molecule has 0 amide bonds. The normalized spacial score (nSPS) is 22.6. The van der Waals surface area contributed by atoms with Crippen molar-refractivity contribution in [2.24, 2.45) is 17.8 Å². The molecule has 13 heteroatoms. The van der Waals surface area contributed by atoms with Gasteiger partial charge in [0.05, 0.1) is 11.1 Å². The lowest BCUT2D eigenvalue weighted by atomic mass is 10.0. The van der Waals surface area contributed by atoms with Crippen molar-refractivity contribution in [1.82, 2.24) is 24.9 Å². The first-order valence-corrected chi connectivity index (χ1v) is 10.6. The average Bonchev–Trinajstić information content (AvgIpc) is 3.09. The van der Waals surface area contributed by atoms with E-state index < -0.39 is 34.6 Å².